The van der Waals surface area contributed by atoms with E-state index in [4.69, 9.17) is 85.8 Å². The van der Waals surface area contributed by atoms with Gasteiger partial charge in [0.1, 0.15) is 97.2 Å². The van der Waals surface area contributed by atoms with E-state index in [2.05, 4.69) is 47.7 Å². The first kappa shape index (κ1) is 97.1. The van der Waals surface area contributed by atoms with Gasteiger partial charge in [0.2, 0.25) is 0 Å². The van der Waals surface area contributed by atoms with Crippen LogP contribution in [0.3, 0.4) is 0 Å². The van der Waals surface area contributed by atoms with Crippen molar-refractivity contribution in [2.45, 2.75) is 131 Å². The van der Waals surface area contributed by atoms with Crippen LogP contribution in [0.5, 0.6) is 23.0 Å². The van der Waals surface area contributed by atoms with Gasteiger partial charge in [-0.2, -0.15) is 0 Å². The van der Waals surface area contributed by atoms with Gasteiger partial charge in [0.05, 0.1) is 69.3 Å². The minimum Gasteiger partial charge on any atom is -0.489 e. The number of hydrogen-bond donors (Lipinski definition) is 8. The Hall–Kier alpha value is -10.7. The zero-order valence-corrected chi connectivity index (χ0v) is 73.9. The molecule has 8 aromatic carbocycles. The number of para-hydroxylation sites is 4. The lowest BCUT2D eigenvalue weighted by molar-refractivity contribution is -0.114. The molecule has 0 saturated carbocycles. The van der Waals surface area contributed by atoms with E-state index in [0.717, 1.165) is 116 Å². The van der Waals surface area contributed by atoms with Crippen LogP contribution in [0.4, 0.5) is 22.7 Å². The number of amidine groups is 4. The number of hydrogen-bond acceptors (Lipinski definition) is 20. The second-order valence-electron chi connectivity index (χ2n) is 29.6. The van der Waals surface area contributed by atoms with E-state index in [1.165, 1.54) is 0 Å². The summed E-state index contributed by atoms with van der Waals surface area (Å²) in [7, 11) is 0. The number of carbonyl (C=O) groups excluding carboxylic acids is 4. The number of nitrogens with zero attached hydrogens (tertiary/aromatic N) is 8. The van der Waals surface area contributed by atoms with Crippen molar-refractivity contribution in [3.05, 3.63) is 257 Å². The number of halogens is 4. The standard InChI is InChI=1S/4C24H27ClN2O4/c4*1-3-10-26-23-13-18(24(30)27(23)21-7-5-4-6-16(21)2)11-17-8-9-22(20(25)12-17)31-15-19(29)14-28/h4*4-9,11-12,19,28-29H,3,10,13-15H2,1-2H3/b2*18-11+,26-23?;2*18-11-,26-23?. The minimum absolute atomic E-state index is 0.0578. The number of aryl methyl sites for hydroxylation is 4. The first-order chi connectivity index (χ1) is 59.8. The molecule has 124 heavy (non-hydrogen) atoms. The van der Waals surface area contributed by atoms with Crippen LogP contribution in [0.2, 0.25) is 20.1 Å². The van der Waals surface area contributed by atoms with Crippen molar-refractivity contribution in [3.8, 4) is 23.0 Å². The highest BCUT2D eigenvalue weighted by Gasteiger charge is 2.38. The summed E-state index contributed by atoms with van der Waals surface area (Å²) in [6, 6.07) is 51.9. The molecule has 4 fully saturated rings. The molecule has 4 aliphatic heterocycles. The number of carbonyl (C=O) groups is 4. The maximum atomic E-state index is 13.3. The number of aliphatic imine (C=N–C) groups is 4. The van der Waals surface area contributed by atoms with Gasteiger partial charge in [-0.3, -0.25) is 58.7 Å². The summed E-state index contributed by atoms with van der Waals surface area (Å²) in [6.45, 7) is 17.0. The molecule has 0 spiro atoms. The Balaban J connectivity index is 0.000000187. The van der Waals surface area contributed by atoms with Crippen molar-refractivity contribution in [1.29, 1.82) is 0 Å². The summed E-state index contributed by atoms with van der Waals surface area (Å²) in [5.41, 5.74) is 13.0. The maximum Gasteiger partial charge on any atom is 0.260 e. The first-order valence-electron chi connectivity index (χ1n) is 41.2. The van der Waals surface area contributed by atoms with E-state index in [0.29, 0.717) is 117 Å². The molecule has 0 radical (unpaired) electrons. The van der Waals surface area contributed by atoms with Crippen molar-refractivity contribution in [2.24, 2.45) is 20.0 Å². The zero-order chi connectivity index (χ0) is 89.5. The highest BCUT2D eigenvalue weighted by atomic mass is 35.5. The Labute approximate surface area is 744 Å². The van der Waals surface area contributed by atoms with Gasteiger partial charge in [0.15, 0.2) is 0 Å². The van der Waals surface area contributed by atoms with Crippen LogP contribution in [0.1, 0.15) is 124 Å². The normalized spacial score (nSPS) is 17.6. The van der Waals surface area contributed by atoms with E-state index in [1.54, 1.807) is 92.4 Å². The van der Waals surface area contributed by atoms with Crippen LogP contribution in [0.15, 0.2) is 212 Å². The topological polar surface area (TPSA) is 329 Å². The van der Waals surface area contributed by atoms with Gasteiger partial charge in [-0.05, 0) is 195 Å². The lowest BCUT2D eigenvalue weighted by atomic mass is 10.1. The first-order valence-corrected chi connectivity index (χ1v) is 42.7. The molecule has 0 bridgehead atoms. The van der Waals surface area contributed by atoms with Crippen molar-refractivity contribution < 1.29 is 79.0 Å². The van der Waals surface area contributed by atoms with Crippen molar-refractivity contribution in [1.82, 2.24) is 0 Å². The largest absolute Gasteiger partial charge is 0.489 e. The molecule has 8 aromatic rings. The van der Waals surface area contributed by atoms with Gasteiger partial charge in [-0.25, -0.2) is 0 Å². The highest BCUT2D eigenvalue weighted by Crippen LogP contribution is 2.39. The number of anilines is 4. The molecule has 8 N–H and O–H groups in total. The van der Waals surface area contributed by atoms with Crippen LogP contribution in [-0.4, -0.2) is 191 Å². The lowest BCUT2D eigenvalue weighted by Gasteiger charge is -2.19. The van der Waals surface area contributed by atoms with Crippen LogP contribution in [0.25, 0.3) is 24.3 Å². The average Bonchev–Trinajstić information content (AvgIpc) is 1.65. The van der Waals surface area contributed by atoms with Crippen LogP contribution in [-0.2, 0) is 19.2 Å². The van der Waals surface area contributed by atoms with Gasteiger partial charge in [0.25, 0.3) is 23.6 Å². The van der Waals surface area contributed by atoms with Crippen LogP contribution >= 0.6 is 46.4 Å². The molecule has 4 heterocycles. The smallest absolute Gasteiger partial charge is 0.260 e. The molecule has 12 rings (SSSR count). The second kappa shape index (κ2) is 48.5. The van der Waals surface area contributed by atoms with Gasteiger partial charge in [-0.15, -0.1) is 0 Å². The maximum absolute atomic E-state index is 13.3. The SMILES string of the molecule is CCCN=C1C/C(=C/c2ccc(OCC(O)CO)c(Cl)c2)C(=O)N1c1ccccc1C.CCCN=C1C/C(=C/c2ccc(OCC(O)CO)c(Cl)c2)C(=O)N1c1ccccc1C.CCCN=C1C/C(=C\c2ccc(OCC(O)CO)c(Cl)c2)C(=O)N1c1ccccc1C.CCCN=C1C/C(=C\c2ccc(OCC(O)CO)c(Cl)c2)C(=O)N1c1ccccc1C. The molecule has 24 nitrogen and oxygen atoms in total. The van der Waals surface area contributed by atoms with Gasteiger partial charge >= 0.3 is 0 Å². The average molecular weight is 1770 g/mol. The predicted molar refractivity (Wildman–Crippen MR) is 496 cm³/mol. The van der Waals surface area contributed by atoms with E-state index >= 15 is 0 Å². The zero-order valence-electron chi connectivity index (χ0n) is 70.9. The molecule has 4 aliphatic rings. The number of aliphatic hydroxyl groups excluding tert-OH is 8. The van der Waals surface area contributed by atoms with E-state index in [1.807, 2.05) is 149 Å². The summed E-state index contributed by atoms with van der Waals surface area (Å²) in [4.78, 5) is 78.5. The molecular weight excluding hydrogens is 1660 g/mol. The number of aliphatic hydroxyl groups is 8. The van der Waals surface area contributed by atoms with Crippen molar-refractivity contribution in [3.63, 3.8) is 0 Å². The third-order valence-electron chi connectivity index (χ3n) is 19.6. The van der Waals surface area contributed by atoms with E-state index < -0.39 is 24.4 Å². The summed E-state index contributed by atoms with van der Waals surface area (Å²) in [5, 5.41) is 74.7. The number of rotatable bonds is 32. The Morgan fingerprint density at radius 3 is 0.685 bits per heavy atom. The Morgan fingerprint density at radius 2 is 0.516 bits per heavy atom. The van der Waals surface area contributed by atoms with Crippen LogP contribution < -0.4 is 38.5 Å². The number of ether oxygens (including phenoxy) is 4. The molecule has 4 atom stereocenters. The number of amides is 4. The van der Waals surface area contributed by atoms with Crippen LogP contribution in [0, 0.1) is 27.7 Å². The molecule has 0 aromatic heterocycles. The molecule has 656 valence electrons. The van der Waals surface area contributed by atoms with Gasteiger partial charge in [-0.1, -0.05) is 171 Å². The Bertz CT molecular complexity index is 4660. The molecule has 4 saturated heterocycles. The molecule has 4 unspecified atom stereocenters. The molecular formula is C96H108Cl4N8O16. The third-order valence-corrected chi connectivity index (χ3v) is 20.8. The van der Waals surface area contributed by atoms with E-state index in [9.17, 15) is 39.6 Å². The molecule has 0 aliphatic carbocycles. The minimum atomic E-state index is -0.970. The Kier molecular flexibility index (Phi) is 38.0. The fourth-order valence-corrected chi connectivity index (χ4v) is 14.1. The summed E-state index contributed by atoms with van der Waals surface area (Å²) in [5.74, 6) is 4.24. The third kappa shape index (κ3) is 26.7. The monoisotopic (exact) mass is 1770 g/mol. The summed E-state index contributed by atoms with van der Waals surface area (Å²) >= 11 is 25.2. The fourth-order valence-electron chi connectivity index (χ4n) is 13.2. The molecule has 4 amide bonds. The Morgan fingerprint density at radius 1 is 0.323 bits per heavy atom. The summed E-state index contributed by atoms with van der Waals surface area (Å²) < 4.78 is 21.7. The van der Waals surface area contributed by atoms with Crippen molar-refractivity contribution >= 4 is 140 Å². The van der Waals surface area contributed by atoms with Crippen molar-refractivity contribution in [2.75, 3.05) is 98.6 Å². The second-order valence-corrected chi connectivity index (χ2v) is 31.3. The quantitative estimate of drug-likeness (QED) is 0.0182. The predicted octanol–water partition coefficient (Wildman–Crippen LogP) is 16.0. The molecule has 28 heteroatoms. The highest BCUT2D eigenvalue weighted by molar-refractivity contribution is 6.36. The lowest BCUT2D eigenvalue weighted by Crippen LogP contribution is -2.30. The van der Waals surface area contributed by atoms with Gasteiger partial charge < -0.3 is 59.8 Å². The fraction of sp³-hybridized carbons (Fsp3) is 0.333. The van der Waals surface area contributed by atoms with E-state index in [-0.39, 0.29) is 76.5 Å². The summed E-state index contributed by atoms with van der Waals surface area (Å²) in [6.07, 6.45) is 8.81. The number of benzene rings is 8. The van der Waals surface area contributed by atoms with Gasteiger partial charge in [0, 0.05) is 74.2 Å².